The smallest absolute Gasteiger partial charge is 0.309 e. The van der Waals surface area contributed by atoms with E-state index in [4.69, 9.17) is 10.5 Å². The summed E-state index contributed by atoms with van der Waals surface area (Å²) in [6, 6.07) is 9.27. The lowest BCUT2D eigenvalue weighted by Crippen LogP contribution is -2.42. The van der Waals surface area contributed by atoms with Crippen LogP contribution in [0.25, 0.3) is 21.6 Å². The minimum Gasteiger partial charge on any atom is -0.490 e. The number of aliphatic hydroxyl groups is 1. The number of β-amino-alcohol motifs (C(OH)–C–C–N with tert-alkyl or cyclic N) is 1. The minimum absolute atomic E-state index is 0.260. The van der Waals surface area contributed by atoms with Crippen molar-refractivity contribution in [1.29, 1.82) is 0 Å². The van der Waals surface area contributed by atoms with Crippen molar-refractivity contribution < 1.29 is 19.7 Å². The number of nitrogen functional groups attached to an aromatic ring is 1. The first-order chi connectivity index (χ1) is 16.0. The molecule has 0 fully saturated rings. The van der Waals surface area contributed by atoms with E-state index in [1.165, 1.54) is 15.9 Å². The second-order valence-corrected chi connectivity index (χ2v) is 10.3. The zero-order valence-electron chi connectivity index (χ0n) is 19.7. The van der Waals surface area contributed by atoms with Gasteiger partial charge >= 0.3 is 5.97 Å². The molecule has 0 saturated carbocycles. The van der Waals surface area contributed by atoms with E-state index in [0.717, 1.165) is 16.1 Å². The Morgan fingerprint density at radius 1 is 1.24 bits per heavy atom. The third-order valence-electron chi connectivity index (χ3n) is 5.94. The van der Waals surface area contributed by atoms with E-state index in [9.17, 15) is 19.8 Å². The number of benzene rings is 1. The van der Waals surface area contributed by atoms with E-state index >= 15 is 0 Å². The van der Waals surface area contributed by atoms with Crippen LogP contribution in [0.2, 0.25) is 0 Å². The molecule has 1 aliphatic rings. The molecule has 0 bridgehead atoms. The van der Waals surface area contributed by atoms with Gasteiger partial charge in [0.25, 0.3) is 5.56 Å². The molecule has 9 heteroatoms. The Labute approximate surface area is 201 Å². The molecule has 0 spiro atoms. The van der Waals surface area contributed by atoms with Crippen LogP contribution in [-0.2, 0) is 18.3 Å². The lowest BCUT2D eigenvalue weighted by Gasteiger charge is -2.35. The number of fused-ring (bicyclic) bond motifs is 1. The molecule has 3 heterocycles. The van der Waals surface area contributed by atoms with Gasteiger partial charge in [-0.25, -0.2) is 0 Å². The zero-order chi connectivity index (χ0) is 24.8. The molecule has 3 aromatic rings. The van der Waals surface area contributed by atoms with Crippen LogP contribution < -0.4 is 20.9 Å². The minimum atomic E-state index is -1.02. The van der Waals surface area contributed by atoms with Crippen molar-refractivity contribution in [3.05, 3.63) is 51.9 Å². The van der Waals surface area contributed by atoms with E-state index in [-0.39, 0.29) is 12.0 Å². The quantitative estimate of drug-likeness (QED) is 0.492. The van der Waals surface area contributed by atoms with Crippen molar-refractivity contribution >= 4 is 28.0 Å². The Hall–Kier alpha value is -3.30. The highest BCUT2D eigenvalue weighted by Crippen LogP contribution is 2.40. The average Bonchev–Trinajstić information content (AvgIpc) is 3.16. The first-order valence-electron chi connectivity index (χ1n) is 11.0. The van der Waals surface area contributed by atoms with Gasteiger partial charge in [-0.1, -0.05) is 6.07 Å². The molecule has 1 aliphatic heterocycles. The second-order valence-electron chi connectivity index (χ2n) is 9.22. The number of anilines is 2. The van der Waals surface area contributed by atoms with Gasteiger partial charge in [0.2, 0.25) is 0 Å². The normalized spacial score (nSPS) is 13.5. The molecule has 0 aliphatic carbocycles. The van der Waals surface area contributed by atoms with Gasteiger partial charge in [0.1, 0.15) is 12.4 Å². The molecule has 4 N–H and O–H groups in total. The lowest BCUT2D eigenvalue weighted by molar-refractivity contribution is -0.136. The molecule has 0 atom stereocenters. The van der Waals surface area contributed by atoms with Gasteiger partial charge < -0.3 is 30.2 Å². The van der Waals surface area contributed by atoms with E-state index < -0.39 is 11.6 Å². The highest BCUT2D eigenvalue weighted by Gasteiger charge is 2.27. The van der Waals surface area contributed by atoms with Crippen LogP contribution in [0.3, 0.4) is 0 Å². The van der Waals surface area contributed by atoms with Crippen molar-refractivity contribution in [2.45, 2.75) is 32.8 Å². The summed E-state index contributed by atoms with van der Waals surface area (Å²) in [5, 5.41) is 20.6. The Balaban J connectivity index is 1.97. The Kier molecular flexibility index (Phi) is 6.18. The van der Waals surface area contributed by atoms with Crippen molar-refractivity contribution in [2.24, 2.45) is 7.05 Å². The molecule has 0 radical (unpaired) electrons. The molecule has 1 aromatic carbocycles. The molecule has 0 saturated heterocycles. The Bertz CT molecular complexity index is 1320. The van der Waals surface area contributed by atoms with Crippen LogP contribution in [0.1, 0.15) is 25.1 Å². The number of carboxylic acids is 1. The molecule has 180 valence electrons. The van der Waals surface area contributed by atoms with Gasteiger partial charge in [0, 0.05) is 29.7 Å². The molecule has 4 rings (SSSR count). The SMILES string of the molecule is Cc1c(-c2ccc3c(c2)N(CC(C)(C)O)CCO3)c(CC(=O)O)n(C)c(=O)c1-c1ccc(N)s1. The first-order valence-corrected chi connectivity index (χ1v) is 11.8. The number of nitrogens with zero attached hydrogens (tertiary/aromatic N) is 2. The number of rotatable bonds is 6. The number of carboxylic acid groups (broad SMARTS) is 1. The number of nitrogens with two attached hydrogens (primary N) is 1. The average molecular weight is 484 g/mol. The number of pyridine rings is 1. The Morgan fingerprint density at radius 3 is 2.59 bits per heavy atom. The van der Waals surface area contributed by atoms with Crippen LogP contribution in [0.5, 0.6) is 5.75 Å². The molecule has 2 aromatic heterocycles. The van der Waals surface area contributed by atoms with E-state index in [0.29, 0.717) is 52.8 Å². The van der Waals surface area contributed by atoms with Gasteiger partial charge in [-0.05, 0) is 56.2 Å². The number of thiophene rings is 1. The van der Waals surface area contributed by atoms with E-state index in [1.807, 2.05) is 31.2 Å². The van der Waals surface area contributed by atoms with Crippen LogP contribution in [0, 0.1) is 6.92 Å². The van der Waals surface area contributed by atoms with Gasteiger partial charge in [-0.3, -0.25) is 9.59 Å². The van der Waals surface area contributed by atoms with E-state index in [1.54, 1.807) is 27.0 Å². The maximum absolute atomic E-state index is 13.3. The maximum Gasteiger partial charge on any atom is 0.309 e. The summed E-state index contributed by atoms with van der Waals surface area (Å²) in [5.41, 5.74) is 8.70. The van der Waals surface area contributed by atoms with Crippen molar-refractivity contribution in [2.75, 3.05) is 30.3 Å². The third-order valence-corrected chi connectivity index (χ3v) is 6.87. The number of carbonyl (C=O) groups is 1. The standard InChI is InChI=1S/C25H29N3O5S/c1-14-22(15-5-6-18-16(11-15)28(9-10-33-18)13-25(2,3)32)17(12-21(29)30)27(4)24(31)23(14)19-7-8-20(26)34-19/h5-8,11,32H,9-10,12-13,26H2,1-4H3,(H,29,30). The van der Waals surface area contributed by atoms with Crippen LogP contribution in [-0.4, -0.2) is 46.0 Å². The summed E-state index contributed by atoms with van der Waals surface area (Å²) >= 11 is 1.32. The number of aromatic nitrogens is 1. The molecule has 8 nitrogen and oxygen atoms in total. The number of ether oxygens (including phenoxy) is 1. The van der Waals surface area contributed by atoms with Gasteiger partial charge in [-0.2, -0.15) is 0 Å². The van der Waals surface area contributed by atoms with Crippen molar-refractivity contribution in [3.63, 3.8) is 0 Å². The molecule has 0 unspecified atom stereocenters. The summed E-state index contributed by atoms with van der Waals surface area (Å²) < 4.78 is 7.26. The monoisotopic (exact) mass is 483 g/mol. The predicted molar refractivity (Wildman–Crippen MR) is 135 cm³/mol. The summed E-state index contributed by atoms with van der Waals surface area (Å²) in [7, 11) is 1.60. The van der Waals surface area contributed by atoms with Gasteiger partial charge in [0.05, 0.1) is 34.8 Å². The molecular formula is C25H29N3O5S. The number of hydrogen-bond donors (Lipinski definition) is 3. The number of hydrogen-bond acceptors (Lipinski definition) is 7. The fourth-order valence-corrected chi connectivity index (χ4v) is 5.40. The topological polar surface area (TPSA) is 118 Å². The van der Waals surface area contributed by atoms with Gasteiger partial charge in [0.15, 0.2) is 0 Å². The van der Waals surface area contributed by atoms with Crippen molar-refractivity contribution in [1.82, 2.24) is 4.57 Å². The van der Waals surface area contributed by atoms with Crippen LogP contribution in [0.15, 0.2) is 35.1 Å². The lowest BCUT2D eigenvalue weighted by atomic mass is 9.92. The molecule has 34 heavy (non-hydrogen) atoms. The van der Waals surface area contributed by atoms with Crippen LogP contribution in [0.4, 0.5) is 10.7 Å². The Morgan fingerprint density at radius 2 is 1.97 bits per heavy atom. The first kappa shape index (κ1) is 23.8. The second kappa shape index (κ2) is 8.81. The highest BCUT2D eigenvalue weighted by molar-refractivity contribution is 7.19. The molecule has 0 amide bonds. The van der Waals surface area contributed by atoms with Crippen molar-refractivity contribution in [3.8, 4) is 27.3 Å². The zero-order valence-corrected chi connectivity index (χ0v) is 20.5. The molecular weight excluding hydrogens is 454 g/mol. The highest BCUT2D eigenvalue weighted by atomic mass is 32.1. The summed E-state index contributed by atoms with van der Waals surface area (Å²) in [4.78, 5) is 27.9. The number of aliphatic carboxylic acids is 1. The summed E-state index contributed by atoms with van der Waals surface area (Å²) in [6.45, 7) is 6.91. The summed E-state index contributed by atoms with van der Waals surface area (Å²) in [5.74, 6) is -0.318. The maximum atomic E-state index is 13.3. The summed E-state index contributed by atoms with van der Waals surface area (Å²) in [6.07, 6.45) is -0.296. The largest absolute Gasteiger partial charge is 0.490 e. The van der Waals surface area contributed by atoms with Crippen LogP contribution >= 0.6 is 11.3 Å². The fourth-order valence-electron chi connectivity index (χ4n) is 4.53. The third kappa shape index (κ3) is 4.53. The van der Waals surface area contributed by atoms with Gasteiger partial charge in [-0.15, -0.1) is 11.3 Å². The predicted octanol–water partition coefficient (Wildman–Crippen LogP) is 3.27. The van der Waals surface area contributed by atoms with E-state index in [2.05, 4.69) is 4.90 Å². The fraction of sp³-hybridized carbons (Fsp3) is 0.360.